The molecular weight excluding hydrogens is 192 g/mol. The number of hydrogen-bond acceptors (Lipinski definition) is 3. The first-order valence-electron chi connectivity index (χ1n) is 4.66. The van der Waals surface area contributed by atoms with E-state index >= 15 is 0 Å². The molecule has 4 nitrogen and oxygen atoms in total. The van der Waals surface area contributed by atoms with Gasteiger partial charge in [0.05, 0.1) is 22.8 Å². The Labute approximate surface area is 92.9 Å². The van der Waals surface area contributed by atoms with Gasteiger partial charge in [-0.3, -0.25) is 4.79 Å². The summed E-state index contributed by atoms with van der Waals surface area (Å²) in [5.41, 5.74) is 0. The van der Waals surface area contributed by atoms with Gasteiger partial charge < -0.3 is 10.1 Å². The first-order valence-corrected chi connectivity index (χ1v) is 4.66. The van der Waals surface area contributed by atoms with E-state index in [1.165, 1.54) is 14.0 Å². The molecule has 0 heterocycles. The van der Waals surface area contributed by atoms with E-state index < -0.39 is 17.2 Å². The highest BCUT2D eigenvalue weighted by Gasteiger charge is 2.37. The van der Waals surface area contributed by atoms with Gasteiger partial charge in [0.15, 0.2) is 0 Å². The summed E-state index contributed by atoms with van der Waals surface area (Å²) in [4.78, 5) is 22.3. The molecule has 1 amide bonds. The Bertz CT molecular complexity index is 254. The fourth-order valence-electron chi connectivity index (χ4n) is 1.04. The Morgan fingerprint density at radius 2 is 1.80 bits per heavy atom. The molecular formula is C9H15B2NO3. The van der Waals surface area contributed by atoms with Crippen LogP contribution >= 0.6 is 0 Å². The first-order chi connectivity index (χ1) is 6.73. The van der Waals surface area contributed by atoms with Crippen molar-refractivity contribution in [2.75, 3.05) is 7.11 Å². The summed E-state index contributed by atoms with van der Waals surface area (Å²) >= 11 is 0. The van der Waals surface area contributed by atoms with E-state index in [2.05, 4.69) is 10.1 Å². The molecule has 0 aromatic rings. The maximum Gasteiger partial charge on any atom is 0.327 e. The van der Waals surface area contributed by atoms with Crippen molar-refractivity contribution in [3.05, 3.63) is 0 Å². The van der Waals surface area contributed by atoms with Crippen LogP contribution in [0.2, 0.25) is 5.21 Å². The molecule has 0 aliphatic carbocycles. The van der Waals surface area contributed by atoms with Crippen molar-refractivity contribution in [1.82, 2.24) is 5.32 Å². The molecule has 0 aliphatic heterocycles. The van der Waals surface area contributed by atoms with E-state index in [9.17, 15) is 9.59 Å². The van der Waals surface area contributed by atoms with Gasteiger partial charge in [-0.1, -0.05) is 25.0 Å². The van der Waals surface area contributed by atoms with Crippen LogP contribution < -0.4 is 5.32 Å². The molecule has 0 saturated carbocycles. The third-order valence-electron chi connectivity index (χ3n) is 2.28. The summed E-state index contributed by atoms with van der Waals surface area (Å²) in [6.07, 6.45) is 0. The molecule has 1 unspecified atom stereocenters. The van der Waals surface area contributed by atoms with Gasteiger partial charge in [-0.15, -0.1) is 0 Å². The maximum atomic E-state index is 11.4. The van der Waals surface area contributed by atoms with Crippen LogP contribution in [0.5, 0.6) is 0 Å². The number of esters is 1. The molecule has 0 rings (SSSR count). The predicted octanol–water partition coefficient (Wildman–Crippen LogP) is -0.227. The summed E-state index contributed by atoms with van der Waals surface area (Å²) in [6, 6.07) is -1.04. The zero-order valence-corrected chi connectivity index (χ0v) is 9.53. The monoisotopic (exact) mass is 207 g/mol. The van der Waals surface area contributed by atoms with Gasteiger partial charge in [-0.25, -0.2) is 4.79 Å². The topological polar surface area (TPSA) is 55.4 Å². The fourth-order valence-corrected chi connectivity index (χ4v) is 1.04. The Morgan fingerprint density at radius 1 is 1.33 bits per heavy atom. The second-order valence-electron chi connectivity index (χ2n) is 3.81. The molecule has 6 heteroatoms. The van der Waals surface area contributed by atoms with E-state index in [0.29, 0.717) is 0 Å². The molecule has 1 atom stereocenters. The molecule has 4 radical (unpaired) electrons. The molecule has 0 spiro atoms. The summed E-state index contributed by atoms with van der Waals surface area (Å²) < 4.78 is 4.54. The zero-order chi connectivity index (χ0) is 12.2. The lowest BCUT2D eigenvalue weighted by Crippen LogP contribution is -2.51. The molecule has 15 heavy (non-hydrogen) atoms. The summed E-state index contributed by atoms with van der Waals surface area (Å²) in [7, 11) is 12.8. The van der Waals surface area contributed by atoms with Crippen molar-refractivity contribution in [1.29, 1.82) is 0 Å². The highest BCUT2D eigenvalue weighted by Crippen LogP contribution is 2.32. The highest BCUT2D eigenvalue weighted by molar-refractivity contribution is 6.42. The van der Waals surface area contributed by atoms with Crippen molar-refractivity contribution in [3.63, 3.8) is 0 Å². The van der Waals surface area contributed by atoms with Gasteiger partial charge in [0, 0.05) is 6.92 Å². The molecule has 80 valence electrons. The van der Waals surface area contributed by atoms with Gasteiger partial charge >= 0.3 is 5.97 Å². The number of methoxy groups -OCH3 is 1. The quantitative estimate of drug-likeness (QED) is 0.511. The van der Waals surface area contributed by atoms with Crippen LogP contribution in [0, 0.1) is 5.92 Å². The second-order valence-corrected chi connectivity index (χ2v) is 3.81. The van der Waals surface area contributed by atoms with E-state index in [4.69, 9.17) is 15.7 Å². The molecule has 0 aliphatic rings. The van der Waals surface area contributed by atoms with E-state index in [1.807, 2.05) is 0 Å². The smallest absolute Gasteiger partial charge is 0.327 e. The summed E-state index contributed by atoms with van der Waals surface area (Å²) in [6.45, 7) is 4.81. The number of carbonyl (C=O) groups is 2. The lowest BCUT2D eigenvalue weighted by molar-refractivity contribution is -0.145. The minimum atomic E-state index is -1.33. The normalized spacial score (nSPS) is 13.4. The van der Waals surface area contributed by atoms with Crippen molar-refractivity contribution in [2.45, 2.75) is 32.0 Å². The Balaban J connectivity index is 4.92. The standard InChI is InChI=1S/C9H15B2NO3/c1-5(2)9(10,11)7(8(14)15-4)12-6(3)13/h5,7H,1-4H3,(H,12,13). The van der Waals surface area contributed by atoms with Gasteiger partial charge in [0.1, 0.15) is 6.04 Å². The molecule has 0 fully saturated rings. The van der Waals surface area contributed by atoms with Crippen LogP contribution in [-0.2, 0) is 14.3 Å². The number of nitrogens with one attached hydrogen (secondary N) is 1. The third kappa shape index (κ3) is 3.61. The Hall–Kier alpha value is -0.930. The number of rotatable bonds is 4. The Kier molecular flexibility index (Phi) is 4.91. The largest absolute Gasteiger partial charge is 0.468 e. The van der Waals surface area contributed by atoms with Crippen molar-refractivity contribution >= 4 is 27.6 Å². The van der Waals surface area contributed by atoms with Crippen molar-refractivity contribution < 1.29 is 14.3 Å². The Morgan fingerprint density at radius 3 is 2.07 bits per heavy atom. The van der Waals surface area contributed by atoms with Gasteiger partial charge in [0.25, 0.3) is 0 Å². The van der Waals surface area contributed by atoms with Crippen LogP contribution in [0.1, 0.15) is 20.8 Å². The molecule has 0 bridgehead atoms. The average molecular weight is 207 g/mol. The molecule has 0 aromatic heterocycles. The lowest BCUT2D eigenvalue weighted by atomic mass is 9.45. The fraction of sp³-hybridized carbons (Fsp3) is 0.778. The average Bonchev–Trinajstić information content (AvgIpc) is 2.12. The van der Waals surface area contributed by atoms with Crippen LogP contribution in [0.3, 0.4) is 0 Å². The minimum Gasteiger partial charge on any atom is -0.468 e. The van der Waals surface area contributed by atoms with Gasteiger partial charge in [-0.05, 0) is 0 Å². The minimum absolute atomic E-state index is 0.187. The van der Waals surface area contributed by atoms with Crippen molar-refractivity contribution in [3.8, 4) is 0 Å². The molecule has 1 N–H and O–H groups in total. The van der Waals surface area contributed by atoms with Crippen LogP contribution in [-0.4, -0.2) is 40.7 Å². The summed E-state index contributed by atoms with van der Waals surface area (Å²) in [5.74, 6) is -1.22. The predicted molar refractivity (Wildman–Crippen MR) is 58.7 cm³/mol. The molecule has 0 aromatic carbocycles. The SMILES string of the molecule is [B]C([B])(C(C)C)C(NC(C)=O)C(=O)OC. The van der Waals surface area contributed by atoms with E-state index in [1.54, 1.807) is 13.8 Å². The highest BCUT2D eigenvalue weighted by atomic mass is 16.5. The van der Waals surface area contributed by atoms with E-state index in [0.717, 1.165) is 0 Å². The van der Waals surface area contributed by atoms with Crippen molar-refractivity contribution in [2.24, 2.45) is 5.92 Å². The maximum absolute atomic E-state index is 11.4. The van der Waals surface area contributed by atoms with Crippen LogP contribution in [0.15, 0.2) is 0 Å². The third-order valence-corrected chi connectivity index (χ3v) is 2.28. The zero-order valence-electron chi connectivity index (χ0n) is 9.53. The number of ether oxygens (including phenoxy) is 1. The van der Waals surface area contributed by atoms with Gasteiger partial charge in [0.2, 0.25) is 5.91 Å². The number of carbonyl (C=O) groups excluding carboxylic acids is 2. The molecule has 0 saturated heterocycles. The van der Waals surface area contributed by atoms with Crippen LogP contribution in [0.25, 0.3) is 0 Å². The first kappa shape index (κ1) is 14.1. The van der Waals surface area contributed by atoms with Crippen LogP contribution in [0.4, 0.5) is 0 Å². The second kappa shape index (κ2) is 5.24. The summed E-state index contributed by atoms with van der Waals surface area (Å²) in [5, 5.41) is 1.05. The van der Waals surface area contributed by atoms with Gasteiger partial charge in [-0.2, -0.15) is 0 Å². The lowest BCUT2D eigenvalue weighted by Gasteiger charge is -2.37. The van der Waals surface area contributed by atoms with E-state index in [-0.39, 0.29) is 11.8 Å². The number of hydrogen-bond donors (Lipinski definition) is 1. The number of amides is 1.